The lowest BCUT2D eigenvalue weighted by molar-refractivity contribution is 0.346. The third kappa shape index (κ3) is 4.35. The molecular weight excluding hydrogens is 422 g/mol. The highest BCUT2D eigenvalue weighted by molar-refractivity contribution is 7.89. The molecular formula is C20H25N5O3S2. The van der Waals surface area contributed by atoms with Crippen molar-refractivity contribution in [2.45, 2.75) is 30.7 Å². The number of benzene rings is 1. The highest BCUT2D eigenvalue weighted by atomic mass is 32.2. The Hall–Kier alpha value is -2.43. The van der Waals surface area contributed by atoms with Gasteiger partial charge in [-0.3, -0.25) is 0 Å². The van der Waals surface area contributed by atoms with E-state index in [-0.39, 0.29) is 0 Å². The highest BCUT2D eigenvalue weighted by Gasteiger charge is 2.26. The summed E-state index contributed by atoms with van der Waals surface area (Å²) < 4.78 is 33.1. The fourth-order valence-corrected chi connectivity index (χ4v) is 5.66. The summed E-state index contributed by atoms with van der Waals surface area (Å²) >= 11 is 1.54. The Morgan fingerprint density at radius 3 is 2.70 bits per heavy atom. The van der Waals surface area contributed by atoms with Gasteiger partial charge in [-0.2, -0.15) is 9.29 Å². The van der Waals surface area contributed by atoms with Crippen LogP contribution in [0.5, 0.6) is 0 Å². The number of piperidine rings is 1. The van der Waals surface area contributed by atoms with Gasteiger partial charge in [-0.25, -0.2) is 8.42 Å². The van der Waals surface area contributed by atoms with Crippen LogP contribution in [0, 0.1) is 0 Å². The van der Waals surface area contributed by atoms with Crippen molar-refractivity contribution in [1.82, 2.24) is 14.4 Å². The maximum Gasteiger partial charge on any atom is 0.246 e. The average Bonchev–Trinajstić information content (AvgIpc) is 3.44. The monoisotopic (exact) mass is 447 g/mol. The van der Waals surface area contributed by atoms with E-state index in [4.69, 9.17) is 4.52 Å². The number of sulfonamides is 1. The molecule has 2 aromatic heterocycles. The van der Waals surface area contributed by atoms with Gasteiger partial charge in [0.05, 0.1) is 27.7 Å². The molecule has 0 spiro atoms. The van der Waals surface area contributed by atoms with E-state index in [2.05, 4.69) is 15.5 Å². The van der Waals surface area contributed by atoms with Gasteiger partial charge in [-0.15, -0.1) is 11.3 Å². The second kappa shape index (κ2) is 8.75. The first-order valence-electron chi connectivity index (χ1n) is 9.87. The Balaban J connectivity index is 1.56. The second-order valence-electron chi connectivity index (χ2n) is 7.38. The van der Waals surface area contributed by atoms with Crippen LogP contribution in [0.3, 0.4) is 0 Å². The van der Waals surface area contributed by atoms with E-state index >= 15 is 0 Å². The lowest BCUT2D eigenvalue weighted by Crippen LogP contribution is -2.35. The minimum atomic E-state index is -3.51. The molecule has 4 rings (SSSR count). The number of nitrogens with zero attached hydrogens (tertiary/aromatic N) is 4. The van der Waals surface area contributed by atoms with Crippen LogP contribution >= 0.6 is 11.3 Å². The number of rotatable bonds is 7. The van der Waals surface area contributed by atoms with Crippen LogP contribution in [-0.4, -0.2) is 50.0 Å². The Morgan fingerprint density at radius 1 is 1.20 bits per heavy atom. The predicted molar refractivity (Wildman–Crippen MR) is 118 cm³/mol. The summed E-state index contributed by atoms with van der Waals surface area (Å²) in [5.41, 5.74) is 1.58. The average molecular weight is 448 g/mol. The SMILES string of the molecule is CN(C)c1ccc(S(=O)(=O)N2CCCCC2)cc1NCc1nc(-c2cccs2)no1. The van der Waals surface area contributed by atoms with Crippen LogP contribution in [0.1, 0.15) is 25.2 Å². The van der Waals surface area contributed by atoms with Gasteiger partial charge in [0.1, 0.15) is 0 Å². The van der Waals surface area contributed by atoms with Crippen molar-refractivity contribution in [2.24, 2.45) is 0 Å². The zero-order valence-corrected chi connectivity index (χ0v) is 18.7. The molecule has 1 aromatic carbocycles. The fourth-order valence-electron chi connectivity index (χ4n) is 3.46. The molecule has 1 aliphatic heterocycles. The molecule has 3 heterocycles. The minimum absolute atomic E-state index is 0.294. The smallest absolute Gasteiger partial charge is 0.246 e. The van der Waals surface area contributed by atoms with Crippen LogP contribution < -0.4 is 10.2 Å². The zero-order chi connectivity index (χ0) is 21.1. The quantitative estimate of drug-likeness (QED) is 0.591. The predicted octanol–water partition coefficient (Wildman–Crippen LogP) is 3.65. The molecule has 1 fully saturated rings. The summed E-state index contributed by atoms with van der Waals surface area (Å²) in [7, 11) is 0.324. The molecule has 0 amide bonds. The summed E-state index contributed by atoms with van der Waals surface area (Å²) in [6.45, 7) is 1.45. The number of hydrogen-bond donors (Lipinski definition) is 1. The number of thiophene rings is 1. The van der Waals surface area contributed by atoms with Crippen molar-refractivity contribution in [1.29, 1.82) is 0 Å². The van der Waals surface area contributed by atoms with Crippen LogP contribution in [-0.2, 0) is 16.6 Å². The fraction of sp³-hybridized carbons (Fsp3) is 0.400. The molecule has 160 valence electrons. The summed E-state index contributed by atoms with van der Waals surface area (Å²) in [6, 6.07) is 9.06. The lowest BCUT2D eigenvalue weighted by Gasteiger charge is -2.26. The molecule has 0 saturated carbocycles. The minimum Gasteiger partial charge on any atom is -0.376 e. The van der Waals surface area contributed by atoms with Gasteiger partial charge in [0.25, 0.3) is 0 Å². The molecule has 0 atom stereocenters. The number of anilines is 2. The number of hydrogen-bond acceptors (Lipinski definition) is 8. The Labute approximate surface area is 180 Å². The van der Waals surface area contributed by atoms with E-state index in [9.17, 15) is 8.42 Å². The molecule has 1 saturated heterocycles. The lowest BCUT2D eigenvalue weighted by atomic mass is 10.2. The Bertz CT molecular complexity index is 1090. The van der Waals surface area contributed by atoms with E-state index < -0.39 is 10.0 Å². The van der Waals surface area contributed by atoms with E-state index in [1.54, 1.807) is 27.8 Å². The van der Waals surface area contributed by atoms with Crippen molar-refractivity contribution in [2.75, 3.05) is 37.4 Å². The first kappa shape index (κ1) is 20.8. The molecule has 0 unspecified atom stereocenters. The molecule has 3 aromatic rings. The topological polar surface area (TPSA) is 91.6 Å². The summed E-state index contributed by atoms with van der Waals surface area (Å²) in [5, 5.41) is 9.24. The van der Waals surface area contributed by atoms with Crippen LogP contribution in [0.2, 0.25) is 0 Å². The number of aromatic nitrogens is 2. The van der Waals surface area contributed by atoms with E-state index in [0.29, 0.717) is 41.9 Å². The van der Waals surface area contributed by atoms with Gasteiger partial charge in [0.2, 0.25) is 21.7 Å². The van der Waals surface area contributed by atoms with Gasteiger partial charge >= 0.3 is 0 Å². The Kier molecular flexibility index (Phi) is 6.07. The van der Waals surface area contributed by atoms with E-state index in [0.717, 1.165) is 29.8 Å². The molecule has 30 heavy (non-hydrogen) atoms. The maximum absolute atomic E-state index is 13.1. The van der Waals surface area contributed by atoms with Gasteiger partial charge in [0, 0.05) is 27.2 Å². The summed E-state index contributed by atoms with van der Waals surface area (Å²) in [6.07, 6.45) is 2.89. The molecule has 0 radical (unpaired) electrons. The van der Waals surface area contributed by atoms with Crippen molar-refractivity contribution >= 4 is 32.7 Å². The summed E-state index contributed by atoms with van der Waals surface area (Å²) in [5.74, 6) is 0.989. The van der Waals surface area contributed by atoms with Crippen molar-refractivity contribution < 1.29 is 12.9 Å². The molecule has 1 aliphatic rings. The van der Waals surface area contributed by atoms with E-state index in [1.165, 1.54) is 0 Å². The largest absolute Gasteiger partial charge is 0.376 e. The van der Waals surface area contributed by atoms with Gasteiger partial charge in [0.15, 0.2) is 0 Å². The van der Waals surface area contributed by atoms with E-state index in [1.807, 2.05) is 42.6 Å². The van der Waals surface area contributed by atoms with Crippen LogP contribution in [0.4, 0.5) is 11.4 Å². The molecule has 0 aliphatic carbocycles. The molecule has 0 bridgehead atoms. The van der Waals surface area contributed by atoms with Crippen molar-refractivity contribution in [3.8, 4) is 10.7 Å². The van der Waals surface area contributed by atoms with Crippen LogP contribution in [0.25, 0.3) is 10.7 Å². The van der Waals surface area contributed by atoms with Gasteiger partial charge in [-0.1, -0.05) is 17.6 Å². The molecule has 10 heteroatoms. The first-order valence-corrected chi connectivity index (χ1v) is 12.2. The van der Waals surface area contributed by atoms with Gasteiger partial charge in [-0.05, 0) is 42.5 Å². The first-order chi connectivity index (χ1) is 14.4. The van der Waals surface area contributed by atoms with Crippen LogP contribution in [0.15, 0.2) is 45.1 Å². The maximum atomic E-state index is 13.1. The number of nitrogens with one attached hydrogen (secondary N) is 1. The third-order valence-electron chi connectivity index (χ3n) is 5.04. The summed E-state index contributed by atoms with van der Waals surface area (Å²) in [4.78, 5) is 7.58. The second-order valence-corrected chi connectivity index (χ2v) is 10.3. The molecule has 1 N–H and O–H groups in total. The third-order valence-corrected chi connectivity index (χ3v) is 7.80. The molecule has 8 nitrogen and oxygen atoms in total. The zero-order valence-electron chi connectivity index (χ0n) is 17.0. The Morgan fingerprint density at radius 2 is 2.00 bits per heavy atom. The van der Waals surface area contributed by atoms with Gasteiger partial charge < -0.3 is 14.7 Å². The van der Waals surface area contributed by atoms with Crippen molar-refractivity contribution in [3.05, 3.63) is 41.6 Å². The normalized spacial score (nSPS) is 15.3. The highest BCUT2D eigenvalue weighted by Crippen LogP contribution is 2.30. The standard InChI is InChI=1S/C20H25N5O3S2/c1-24(2)17-9-8-15(30(26,27)25-10-4-3-5-11-25)13-16(17)21-14-19-22-20(23-28-19)18-7-6-12-29-18/h6-9,12-13,21H,3-5,10-11,14H2,1-2H3. The van der Waals surface area contributed by atoms with Crippen molar-refractivity contribution in [3.63, 3.8) is 0 Å².